The Morgan fingerprint density at radius 2 is 1.78 bits per heavy atom. The number of carbonyl (C=O) groups is 2. The summed E-state index contributed by atoms with van der Waals surface area (Å²) < 4.78 is 4.75. The molecule has 126 valence electrons. The average molecular weight is 381 g/mol. The maximum Gasteiger partial charge on any atom is 0.309 e. The van der Waals surface area contributed by atoms with Crippen LogP contribution in [0.2, 0.25) is 15.1 Å². The third-order valence-electron chi connectivity index (χ3n) is 3.91. The molecule has 1 aromatic rings. The van der Waals surface area contributed by atoms with Crippen LogP contribution in [0.25, 0.3) is 0 Å². The van der Waals surface area contributed by atoms with Gasteiger partial charge in [0, 0.05) is 17.9 Å². The quantitative estimate of drug-likeness (QED) is 0.786. The molecule has 0 unspecified atom stereocenters. The van der Waals surface area contributed by atoms with Gasteiger partial charge in [0.1, 0.15) is 0 Å². The molecule has 8 heteroatoms. The van der Waals surface area contributed by atoms with Crippen LogP contribution in [0.3, 0.4) is 0 Å². The van der Waals surface area contributed by atoms with Gasteiger partial charge in [0.15, 0.2) is 6.54 Å². The summed E-state index contributed by atoms with van der Waals surface area (Å²) in [5.74, 6) is -0.414. The summed E-state index contributed by atoms with van der Waals surface area (Å²) >= 11 is 17.9. The standard InChI is InChI=1S/C15H17Cl3N2O3/c1-23-15(22)9-2-4-20(5-3-9)8-13(21)19-14-11(17)6-10(16)7-12(14)18/h6-7,9H,2-5,8H2,1H3,(H,19,21)/p+1. The van der Waals surface area contributed by atoms with E-state index in [0.717, 1.165) is 30.8 Å². The van der Waals surface area contributed by atoms with Crippen molar-refractivity contribution in [2.75, 3.05) is 32.1 Å². The van der Waals surface area contributed by atoms with Gasteiger partial charge >= 0.3 is 5.97 Å². The number of likely N-dealkylation sites (tertiary alicyclic amines) is 1. The Morgan fingerprint density at radius 1 is 1.22 bits per heavy atom. The van der Waals surface area contributed by atoms with Crippen LogP contribution in [-0.4, -0.2) is 38.6 Å². The summed E-state index contributed by atoms with van der Waals surface area (Å²) in [5.41, 5.74) is 0.367. The molecule has 0 saturated carbocycles. The Balaban J connectivity index is 1.88. The number of carbonyl (C=O) groups excluding carboxylic acids is 2. The minimum Gasteiger partial charge on any atom is -0.469 e. The van der Waals surface area contributed by atoms with E-state index in [1.54, 1.807) is 0 Å². The number of methoxy groups -OCH3 is 1. The minimum absolute atomic E-state index is 0.0630. The lowest BCUT2D eigenvalue weighted by atomic mass is 9.97. The molecule has 5 nitrogen and oxygen atoms in total. The van der Waals surface area contributed by atoms with E-state index < -0.39 is 0 Å². The number of benzene rings is 1. The number of hydrogen-bond acceptors (Lipinski definition) is 3. The van der Waals surface area contributed by atoms with E-state index in [0.29, 0.717) is 27.3 Å². The lowest BCUT2D eigenvalue weighted by Gasteiger charge is -2.27. The Hall–Kier alpha value is -1.01. The second-order valence-corrected chi connectivity index (χ2v) is 6.77. The van der Waals surface area contributed by atoms with Crippen molar-refractivity contribution in [3.8, 4) is 0 Å². The molecule has 1 amide bonds. The first-order valence-electron chi connectivity index (χ1n) is 7.26. The second-order valence-electron chi connectivity index (χ2n) is 5.52. The van der Waals surface area contributed by atoms with E-state index in [2.05, 4.69) is 5.32 Å². The highest BCUT2D eigenvalue weighted by Crippen LogP contribution is 2.33. The molecular formula is C15H18Cl3N2O3+. The van der Waals surface area contributed by atoms with Gasteiger partial charge in [0.25, 0.3) is 5.91 Å². The van der Waals surface area contributed by atoms with Crippen LogP contribution in [0.1, 0.15) is 12.8 Å². The van der Waals surface area contributed by atoms with Gasteiger partial charge in [-0.3, -0.25) is 9.59 Å². The summed E-state index contributed by atoms with van der Waals surface area (Å²) in [5, 5.41) is 3.74. The van der Waals surface area contributed by atoms with Crippen LogP contribution >= 0.6 is 34.8 Å². The van der Waals surface area contributed by atoms with Crippen LogP contribution in [0.5, 0.6) is 0 Å². The molecule has 2 N–H and O–H groups in total. The fourth-order valence-corrected chi connectivity index (χ4v) is 3.59. The number of hydrogen-bond donors (Lipinski definition) is 2. The number of piperidine rings is 1. The molecular weight excluding hydrogens is 363 g/mol. The van der Waals surface area contributed by atoms with Crippen molar-refractivity contribution in [2.24, 2.45) is 5.92 Å². The van der Waals surface area contributed by atoms with Crippen LogP contribution in [0.15, 0.2) is 12.1 Å². The highest BCUT2D eigenvalue weighted by molar-refractivity contribution is 6.42. The molecule has 1 aromatic carbocycles. The minimum atomic E-state index is -0.178. The van der Waals surface area contributed by atoms with E-state index in [-0.39, 0.29) is 17.8 Å². The third kappa shape index (κ3) is 4.98. The Labute approximate surface area is 149 Å². The van der Waals surface area contributed by atoms with Gasteiger partial charge in [-0.2, -0.15) is 0 Å². The van der Waals surface area contributed by atoms with Crippen molar-refractivity contribution in [3.63, 3.8) is 0 Å². The van der Waals surface area contributed by atoms with E-state index in [4.69, 9.17) is 39.5 Å². The number of nitrogens with one attached hydrogen (secondary N) is 2. The first-order valence-corrected chi connectivity index (χ1v) is 8.40. The molecule has 1 aliphatic rings. The van der Waals surface area contributed by atoms with Gasteiger partial charge in [-0.1, -0.05) is 34.8 Å². The molecule has 0 radical (unpaired) electrons. The first kappa shape index (κ1) is 18.3. The fourth-order valence-electron chi connectivity index (χ4n) is 2.68. The molecule has 0 bridgehead atoms. The number of esters is 1. The predicted octanol–water partition coefficient (Wildman–Crippen LogP) is 2.05. The molecule has 0 atom stereocenters. The maximum atomic E-state index is 12.2. The maximum absolute atomic E-state index is 12.2. The number of rotatable bonds is 4. The zero-order chi connectivity index (χ0) is 17.0. The Morgan fingerprint density at radius 3 is 2.30 bits per heavy atom. The summed E-state index contributed by atoms with van der Waals surface area (Å²) in [6.45, 7) is 1.79. The molecule has 1 heterocycles. The van der Waals surface area contributed by atoms with E-state index in [1.165, 1.54) is 19.2 Å². The first-order chi connectivity index (χ1) is 10.9. The molecule has 1 fully saturated rings. The Kier molecular flexibility index (Phi) is 6.53. The lowest BCUT2D eigenvalue weighted by molar-refractivity contribution is -0.897. The van der Waals surface area contributed by atoms with Gasteiger partial charge in [0.05, 0.1) is 41.8 Å². The zero-order valence-electron chi connectivity index (χ0n) is 12.6. The van der Waals surface area contributed by atoms with Crippen molar-refractivity contribution in [1.29, 1.82) is 0 Å². The largest absolute Gasteiger partial charge is 0.469 e. The van der Waals surface area contributed by atoms with Crippen LogP contribution in [0, 0.1) is 5.92 Å². The van der Waals surface area contributed by atoms with Crippen molar-refractivity contribution >= 4 is 52.4 Å². The van der Waals surface area contributed by atoms with E-state index in [9.17, 15) is 9.59 Å². The molecule has 0 spiro atoms. The summed E-state index contributed by atoms with van der Waals surface area (Å²) in [4.78, 5) is 24.8. The van der Waals surface area contributed by atoms with Gasteiger partial charge in [-0.15, -0.1) is 0 Å². The fraction of sp³-hybridized carbons (Fsp3) is 0.467. The SMILES string of the molecule is COC(=O)C1CC[NH+](CC(=O)Nc2c(Cl)cc(Cl)cc2Cl)CC1. The smallest absolute Gasteiger partial charge is 0.309 e. The number of anilines is 1. The van der Waals surface area contributed by atoms with E-state index >= 15 is 0 Å². The molecule has 2 rings (SSSR count). The van der Waals surface area contributed by atoms with Crippen molar-refractivity contribution in [1.82, 2.24) is 0 Å². The number of quaternary nitrogens is 1. The molecule has 23 heavy (non-hydrogen) atoms. The zero-order valence-corrected chi connectivity index (χ0v) is 14.9. The lowest BCUT2D eigenvalue weighted by Crippen LogP contribution is -3.14. The number of halogens is 3. The number of ether oxygens (including phenoxy) is 1. The molecule has 1 aliphatic heterocycles. The Bertz CT molecular complexity index is 579. The topological polar surface area (TPSA) is 59.8 Å². The third-order valence-corrected chi connectivity index (χ3v) is 4.72. The summed E-state index contributed by atoms with van der Waals surface area (Å²) in [7, 11) is 1.40. The van der Waals surface area contributed by atoms with Crippen LogP contribution < -0.4 is 10.2 Å². The predicted molar refractivity (Wildman–Crippen MR) is 90.4 cm³/mol. The van der Waals surface area contributed by atoms with Gasteiger partial charge in [-0.25, -0.2) is 0 Å². The van der Waals surface area contributed by atoms with Crippen LogP contribution in [-0.2, 0) is 14.3 Å². The average Bonchev–Trinajstić information content (AvgIpc) is 2.51. The molecule has 0 aromatic heterocycles. The second kappa shape index (κ2) is 8.20. The molecule has 1 saturated heterocycles. The van der Waals surface area contributed by atoms with E-state index in [1.807, 2.05) is 0 Å². The highest BCUT2D eigenvalue weighted by atomic mass is 35.5. The monoisotopic (exact) mass is 379 g/mol. The summed E-state index contributed by atoms with van der Waals surface area (Å²) in [6, 6.07) is 3.05. The normalized spacial score (nSPS) is 20.9. The summed E-state index contributed by atoms with van der Waals surface area (Å²) in [6.07, 6.45) is 1.44. The number of amides is 1. The van der Waals surface area contributed by atoms with Crippen molar-refractivity contribution in [2.45, 2.75) is 12.8 Å². The van der Waals surface area contributed by atoms with Gasteiger partial charge in [-0.05, 0) is 12.1 Å². The van der Waals surface area contributed by atoms with Gasteiger partial charge < -0.3 is 15.0 Å². The highest BCUT2D eigenvalue weighted by Gasteiger charge is 2.29. The van der Waals surface area contributed by atoms with Crippen molar-refractivity contribution < 1.29 is 19.2 Å². The van der Waals surface area contributed by atoms with Crippen LogP contribution in [0.4, 0.5) is 5.69 Å². The molecule has 0 aliphatic carbocycles. The van der Waals surface area contributed by atoms with Crippen molar-refractivity contribution in [3.05, 3.63) is 27.2 Å². The van der Waals surface area contributed by atoms with Gasteiger partial charge in [0.2, 0.25) is 0 Å².